The van der Waals surface area contributed by atoms with E-state index in [4.69, 9.17) is 0 Å². The van der Waals surface area contributed by atoms with Crippen molar-refractivity contribution >= 4 is 5.78 Å². The van der Waals surface area contributed by atoms with Crippen molar-refractivity contribution in [3.8, 4) is 0 Å². The van der Waals surface area contributed by atoms with Crippen LogP contribution in [0, 0.1) is 23.7 Å². The van der Waals surface area contributed by atoms with Gasteiger partial charge in [-0.25, -0.2) is 0 Å². The summed E-state index contributed by atoms with van der Waals surface area (Å²) in [5, 5.41) is 0. The Balaban J connectivity index is 1.36. The molecule has 0 aliphatic heterocycles. The molecular weight excluding hydrogens is 292 g/mol. The quantitative estimate of drug-likeness (QED) is 0.566. The van der Waals surface area contributed by atoms with Crippen LogP contribution in [-0.4, -0.2) is 5.78 Å². The molecule has 4 rings (SSSR count). The summed E-state index contributed by atoms with van der Waals surface area (Å²) < 4.78 is 0. The summed E-state index contributed by atoms with van der Waals surface area (Å²) in [6.45, 7) is 4.18. The van der Waals surface area contributed by atoms with Gasteiger partial charge in [-0.15, -0.1) is 0 Å². The summed E-state index contributed by atoms with van der Waals surface area (Å²) in [6.07, 6.45) is 19.8. The third kappa shape index (κ3) is 3.46. The molecule has 0 heterocycles. The third-order valence-corrected chi connectivity index (χ3v) is 7.05. The lowest BCUT2D eigenvalue weighted by molar-refractivity contribution is -0.118. The normalized spacial score (nSPS) is 36.0. The van der Waals surface area contributed by atoms with Gasteiger partial charge in [0.25, 0.3) is 0 Å². The van der Waals surface area contributed by atoms with E-state index in [2.05, 4.69) is 12.7 Å². The number of hydrogen-bond donors (Lipinski definition) is 0. The maximum absolute atomic E-state index is 12.6. The van der Waals surface area contributed by atoms with Gasteiger partial charge < -0.3 is 0 Å². The van der Waals surface area contributed by atoms with E-state index >= 15 is 0 Å². The van der Waals surface area contributed by atoms with Gasteiger partial charge in [-0.2, -0.15) is 0 Å². The van der Waals surface area contributed by atoms with Crippen molar-refractivity contribution < 1.29 is 4.79 Å². The monoisotopic (exact) mass is 324 g/mol. The van der Waals surface area contributed by atoms with Gasteiger partial charge in [0.15, 0.2) is 5.78 Å². The van der Waals surface area contributed by atoms with E-state index in [0.717, 1.165) is 30.6 Å². The highest BCUT2D eigenvalue weighted by atomic mass is 16.1. The zero-order valence-corrected chi connectivity index (χ0v) is 15.1. The van der Waals surface area contributed by atoms with Crippen molar-refractivity contribution in [2.45, 2.75) is 77.0 Å². The molecule has 4 aliphatic carbocycles. The van der Waals surface area contributed by atoms with Crippen LogP contribution in [0.5, 0.6) is 0 Å². The van der Waals surface area contributed by atoms with Crippen molar-refractivity contribution in [2.75, 3.05) is 0 Å². The van der Waals surface area contributed by atoms with Crippen molar-refractivity contribution in [3.63, 3.8) is 0 Å². The van der Waals surface area contributed by atoms with Crippen LogP contribution in [0.4, 0.5) is 0 Å². The maximum Gasteiger partial charge on any atom is 0.163 e. The number of carbonyl (C=O) groups is 1. The van der Waals surface area contributed by atoms with Gasteiger partial charge >= 0.3 is 0 Å². The standard InChI is InChI=1S/C23H32O/c1-16-5-2-6-17(11-16)7-3-8-19-13-21-20-10-4-9-18(12-20)14-22(21)23(24)15-19/h13,15,17-18,20,22H,1-12,14H2/t17?,18?,20-,22+/m1/s1. The fraction of sp³-hybridized carbons (Fsp3) is 0.696. The largest absolute Gasteiger partial charge is 0.294 e. The predicted molar refractivity (Wildman–Crippen MR) is 99.7 cm³/mol. The van der Waals surface area contributed by atoms with Crippen LogP contribution in [0.15, 0.2) is 35.5 Å². The summed E-state index contributed by atoms with van der Waals surface area (Å²) in [4.78, 5) is 12.6. The average molecular weight is 325 g/mol. The first-order chi connectivity index (χ1) is 11.7. The number of ketones is 1. The van der Waals surface area contributed by atoms with Crippen molar-refractivity contribution in [2.24, 2.45) is 23.7 Å². The molecule has 0 aromatic rings. The molecule has 24 heavy (non-hydrogen) atoms. The third-order valence-electron chi connectivity index (χ3n) is 7.05. The SMILES string of the molecule is C=C1CCCC(CCCC2=CC(=O)[C@H]3CC4CCC[C@H](C4)C3=C2)C1. The highest BCUT2D eigenvalue weighted by Crippen LogP contribution is 2.48. The second-order valence-corrected chi connectivity index (χ2v) is 8.89. The number of carbonyl (C=O) groups excluding carboxylic acids is 1. The highest BCUT2D eigenvalue weighted by Gasteiger charge is 2.39. The second-order valence-electron chi connectivity index (χ2n) is 8.89. The molecule has 1 heteroatoms. The van der Waals surface area contributed by atoms with Gasteiger partial charge in [0, 0.05) is 5.92 Å². The Morgan fingerprint density at radius 1 is 1.08 bits per heavy atom. The molecule has 2 bridgehead atoms. The fourth-order valence-electron chi connectivity index (χ4n) is 5.84. The molecular formula is C23H32O. The van der Waals surface area contributed by atoms with E-state index in [1.54, 1.807) is 0 Å². The topological polar surface area (TPSA) is 17.1 Å². The molecule has 0 aromatic carbocycles. The Bertz CT molecular complexity index is 579. The molecule has 0 N–H and O–H groups in total. The lowest BCUT2D eigenvalue weighted by Gasteiger charge is -2.42. The zero-order valence-electron chi connectivity index (χ0n) is 15.1. The molecule has 0 radical (unpaired) electrons. The second kappa shape index (κ2) is 7.02. The first-order valence-corrected chi connectivity index (χ1v) is 10.3. The van der Waals surface area contributed by atoms with E-state index in [9.17, 15) is 4.79 Å². The minimum absolute atomic E-state index is 0.250. The zero-order chi connectivity index (χ0) is 16.5. The molecule has 3 fully saturated rings. The summed E-state index contributed by atoms with van der Waals surface area (Å²) in [6, 6.07) is 0. The minimum Gasteiger partial charge on any atom is -0.294 e. The maximum atomic E-state index is 12.6. The van der Waals surface area contributed by atoms with E-state index in [0.29, 0.717) is 5.78 Å². The average Bonchev–Trinajstić information content (AvgIpc) is 2.57. The fourth-order valence-corrected chi connectivity index (χ4v) is 5.84. The highest BCUT2D eigenvalue weighted by molar-refractivity contribution is 5.96. The molecule has 2 unspecified atom stereocenters. The Morgan fingerprint density at radius 2 is 2.00 bits per heavy atom. The first-order valence-electron chi connectivity index (χ1n) is 10.3. The van der Waals surface area contributed by atoms with Crippen LogP contribution >= 0.6 is 0 Å². The van der Waals surface area contributed by atoms with Crippen molar-refractivity contribution in [3.05, 3.63) is 35.5 Å². The van der Waals surface area contributed by atoms with Crippen LogP contribution in [-0.2, 0) is 4.79 Å². The van der Waals surface area contributed by atoms with Gasteiger partial charge in [-0.05, 0) is 93.6 Å². The number of hydrogen-bond acceptors (Lipinski definition) is 1. The van der Waals surface area contributed by atoms with E-state index < -0.39 is 0 Å². The van der Waals surface area contributed by atoms with E-state index in [1.807, 2.05) is 6.08 Å². The minimum atomic E-state index is 0.250. The molecule has 4 atom stereocenters. The van der Waals surface area contributed by atoms with Crippen LogP contribution in [0.25, 0.3) is 0 Å². The molecule has 4 aliphatic rings. The van der Waals surface area contributed by atoms with Crippen molar-refractivity contribution in [1.29, 1.82) is 0 Å². The lowest BCUT2D eigenvalue weighted by Crippen LogP contribution is -2.34. The van der Waals surface area contributed by atoms with Crippen molar-refractivity contribution in [1.82, 2.24) is 0 Å². The molecule has 0 aromatic heterocycles. The Hall–Kier alpha value is -1.11. The van der Waals surface area contributed by atoms with Gasteiger partial charge in [0.1, 0.15) is 0 Å². The molecule has 0 saturated heterocycles. The molecule has 0 amide bonds. The van der Waals surface area contributed by atoms with Gasteiger partial charge in [0.05, 0.1) is 0 Å². The smallest absolute Gasteiger partial charge is 0.163 e. The number of rotatable bonds is 4. The van der Waals surface area contributed by atoms with Crippen LogP contribution < -0.4 is 0 Å². The summed E-state index contributed by atoms with van der Waals surface area (Å²) in [7, 11) is 0. The summed E-state index contributed by atoms with van der Waals surface area (Å²) in [5.41, 5.74) is 4.29. The van der Waals surface area contributed by atoms with Crippen LogP contribution in [0.1, 0.15) is 77.0 Å². The Morgan fingerprint density at radius 3 is 2.88 bits per heavy atom. The molecule has 3 saturated carbocycles. The van der Waals surface area contributed by atoms with E-state index in [-0.39, 0.29) is 5.92 Å². The first kappa shape index (κ1) is 16.4. The van der Waals surface area contributed by atoms with Gasteiger partial charge in [-0.1, -0.05) is 36.6 Å². The molecule has 0 spiro atoms. The molecule has 130 valence electrons. The Kier molecular flexibility index (Phi) is 4.79. The summed E-state index contributed by atoms with van der Waals surface area (Å²) in [5.74, 6) is 3.06. The summed E-state index contributed by atoms with van der Waals surface area (Å²) >= 11 is 0. The molecule has 1 nitrogen and oxygen atoms in total. The van der Waals surface area contributed by atoms with Crippen LogP contribution in [0.3, 0.4) is 0 Å². The predicted octanol–water partition coefficient (Wildman–Crippen LogP) is 6.16. The number of allylic oxidation sites excluding steroid dienone is 5. The van der Waals surface area contributed by atoms with Gasteiger partial charge in [0.2, 0.25) is 0 Å². The lowest BCUT2D eigenvalue weighted by atomic mass is 9.62. The number of fused-ring (bicyclic) bond motifs is 4. The van der Waals surface area contributed by atoms with E-state index in [1.165, 1.54) is 80.9 Å². The van der Waals surface area contributed by atoms with Gasteiger partial charge in [-0.3, -0.25) is 4.79 Å². The van der Waals surface area contributed by atoms with Crippen LogP contribution in [0.2, 0.25) is 0 Å². The Labute approximate surface area is 147 Å².